The van der Waals surface area contributed by atoms with Crippen LogP contribution in [0.2, 0.25) is 0 Å². The lowest BCUT2D eigenvalue weighted by atomic mass is 10.2. The molecule has 0 aliphatic heterocycles. The van der Waals surface area contributed by atoms with Gasteiger partial charge in [-0.2, -0.15) is 5.06 Å². The number of nitro groups is 1. The Balaban J connectivity index is 2.12. The van der Waals surface area contributed by atoms with Gasteiger partial charge in [-0.15, -0.1) is 0 Å². The van der Waals surface area contributed by atoms with Gasteiger partial charge in [-0.1, -0.05) is 28.1 Å². The number of nitrogens with zero attached hydrogens (tertiary/aromatic N) is 2. The van der Waals surface area contributed by atoms with E-state index in [9.17, 15) is 20.1 Å². The second-order valence-corrected chi connectivity index (χ2v) is 5.23. The molecule has 0 aromatic heterocycles. The number of carbonyl (C=O) groups excluding carboxylic acids is 1. The number of hydrogen-bond acceptors (Lipinski definition) is 4. The molecule has 0 aliphatic rings. The number of halogens is 1. The molecule has 2 aromatic rings. The van der Waals surface area contributed by atoms with Gasteiger partial charge in [-0.25, -0.2) is 0 Å². The van der Waals surface area contributed by atoms with Gasteiger partial charge in [0, 0.05) is 22.7 Å². The molecule has 0 saturated carbocycles. The number of hydroxylamine groups is 1. The average molecular weight is 363 g/mol. The predicted octanol–water partition coefficient (Wildman–Crippen LogP) is 3.79. The van der Waals surface area contributed by atoms with Crippen molar-refractivity contribution in [3.63, 3.8) is 0 Å². The second-order valence-electron chi connectivity index (χ2n) is 4.31. The first-order chi connectivity index (χ1) is 10.5. The van der Waals surface area contributed by atoms with Crippen LogP contribution in [0.15, 0.2) is 59.1 Å². The summed E-state index contributed by atoms with van der Waals surface area (Å²) in [6, 6.07) is 12.4. The highest BCUT2D eigenvalue weighted by atomic mass is 79.9. The second kappa shape index (κ2) is 6.97. The van der Waals surface area contributed by atoms with Crippen molar-refractivity contribution < 1.29 is 14.9 Å². The summed E-state index contributed by atoms with van der Waals surface area (Å²) in [5.74, 6) is -0.658. The molecule has 0 heterocycles. The first-order valence-corrected chi connectivity index (χ1v) is 6.98. The molecular formula is C15H11BrN2O4. The zero-order valence-electron chi connectivity index (χ0n) is 11.2. The monoisotopic (exact) mass is 362 g/mol. The summed E-state index contributed by atoms with van der Waals surface area (Å²) in [5.41, 5.74) is 0.743. The number of carbonyl (C=O) groups is 1. The maximum Gasteiger partial charge on any atom is 0.274 e. The summed E-state index contributed by atoms with van der Waals surface area (Å²) in [7, 11) is 0. The SMILES string of the molecule is O=C(/C=C/c1cccc([N+](=O)[O-])c1)N(O)c1ccc(Br)cc1. The minimum absolute atomic E-state index is 0.0663. The smallest absolute Gasteiger partial charge is 0.274 e. The first kappa shape index (κ1) is 15.9. The molecule has 0 fully saturated rings. The van der Waals surface area contributed by atoms with Gasteiger partial charge in [0.1, 0.15) is 0 Å². The van der Waals surface area contributed by atoms with Crippen LogP contribution in [0.5, 0.6) is 0 Å². The minimum atomic E-state index is -0.658. The predicted molar refractivity (Wildman–Crippen MR) is 85.5 cm³/mol. The van der Waals surface area contributed by atoms with E-state index in [0.29, 0.717) is 16.3 Å². The summed E-state index contributed by atoms with van der Waals surface area (Å²) < 4.78 is 0.823. The van der Waals surface area contributed by atoms with E-state index in [2.05, 4.69) is 15.9 Å². The Morgan fingerprint density at radius 2 is 1.91 bits per heavy atom. The highest BCUT2D eigenvalue weighted by Gasteiger charge is 2.10. The van der Waals surface area contributed by atoms with Crippen LogP contribution in [-0.4, -0.2) is 16.0 Å². The molecule has 0 aliphatic carbocycles. The third-order valence-corrected chi connectivity index (χ3v) is 3.31. The molecule has 1 N–H and O–H groups in total. The van der Waals surface area contributed by atoms with Crippen LogP contribution >= 0.6 is 15.9 Å². The summed E-state index contributed by atoms with van der Waals surface area (Å²) in [6.07, 6.45) is 2.54. The van der Waals surface area contributed by atoms with Crippen molar-refractivity contribution in [1.29, 1.82) is 0 Å². The van der Waals surface area contributed by atoms with Gasteiger partial charge in [-0.3, -0.25) is 20.1 Å². The Hall–Kier alpha value is -2.51. The summed E-state index contributed by atoms with van der Waals surface area (Å²) in [6.45, 7) is 0. The van der Waals surface area contributed by atoms with Crippen molar-refractivity contribution in [3.05, 3.63) is 74.8 Å². The van der Waals surface area contributed by atoms with E-state index in [-0.39, 0.29) is 5.69 Å². The van der Waals surface area contributed by atoms with E-state index < -0.39 is 10.8 Å². The van der Waals surface area contributed by atoms with Gasteiger partial charge in [-0.05, 0) is 35.9 Å². The van der Waals surface area contributed by atoms with Gasteiger partial charge in [0.05, 0.1) is 10.6 Å². The topological polar surface area (TPSA) is 83.7 Å². The number of rotatable bonds is 4. The highest BCUT2D eigenvalue weighted by molar-refractivity contribution is 9.10. The standard InChI is InChI=1S/C15H11BrN2O4/c16-12-5-7-13(8-6-12)17(20)15(19)9-4-11-2-1-3-14(10-11)18(21)22/h1-10,20H/b9-4+. The normalized spacial score (nSPS) is 10.6. The van der Waals surface area contributed by atoms with Crippen LogP contribution in [0.1, 0.15) is 5.56 Å². The Bertz CT molecular complexity index is 729. The number of hydrogen-bond donors (Lipinski definition) is 1. The molecule has 0 saturated heterocycles. The minimum Gasteiger partial charge on any atom is -0.281 e. The van der Waals surface area contributed by atoms with Crippen molar-refractivity contribution in [2.45, 2.75) is 0 Å². The lowest BCUT2D eigenvalue weighted by Crippen LogP contribution is -2.24. The molecule has 0 radical (unpaired) electrons. The fraction of sp³-hybridized carbons (Fsp3) is 0. The van der Waals surface area contributed by atoms with E-state index in [1.165, 1.54) is 24.3 Å². The molecule has 1 amide bonds. The van der Waals surface area contributed by atoms with Crippen LogP contribution in [-0.2, 0) is 4.79 Å². The van der Waals surface area contributed by atoms with Crippen LogP contribution in [0.3, 0.4) is 0 Å². The lowest BCUT2D eigenvalue weighted by Gasteiger charge is -2.12. The molecule has 2 aromatic carbocycles. The molecule has 0 unspecified atom stereocenters. The Kier molecular flexibility index (Phi) is 5.03. The van der Waals surface area contributed by atoms with E-state index in [1.807, 2.05) is 0 Å². The third kappa shape index (κ3) is 4.00. The first-order valence-electron chi connectivity index (χ1n) is 6.18. The molecule has 0 bridgehead atoms. The lowest BCUT2D eigenvalue weighted by molar-refractivity contribution is -0.384. The number of benzene rings is 2. The number of nitro benzene ring substituents is 1. The van der Waals surface area contributed by atoms with Gasteiger partial charge in [0.15, 0.2) is 0 Å². The van der Waals surface area contributed by atoms with Crippen LogP contribution in [0.4, 0.5) is 11.4 Å². The maximum atomic E-state index is 11.9. The fourth-order valence-electron chi connectivity index (χ4n) is 1.69. The van der Waals surface area contributed by atoms with Crippen molar-refractivity contribution in [2.24, 2.45) is 0 Å². The average Bonchev–Trinajstić information content (AvgIpc) is 2.53. The maximum absolute atomic E-state index is 11.9. The van der Waals surface area contributed by atoms with Crippen molar-refractivity contribution >= 4 is 39.3 Å². The van der Waals surface area contributed by atoms with E-state index in [4.69, 9.17) is 0 Å². The van der Waals surface area contributed by atoms with Crippen molar-refractivity contribution in [3.8, 4) is 0 Å². The van der Waals surface area contributed by atoms with Gasteiger partial charge < -0.3 is 0 Å². The Morgan fingerprint density at radius 3 is 2.55 bits per heavy atom. The van der Waals surface area contributed by atoms with E-state index >= 15 is 0 Å². The quantitative estimate of drug-likeness (QED) is 0.388. The molecule has 0 atom stereocenters. The number of amides is 1. The highest BCUT2D eigenvalue weighted by Crippen LogP contribution is 2.18. The number of non-ortho nitro benzene ring substituents is 1. The molecule has 2 rings (SSSR count). The zero-order valence-corrected chi connectivity index (χ0v) is 12.8. The fourth-order valence-corrected chi connectivity index (χ4v) is 1.95. The van der Waals surface area contributed by atoms with Crippen molar-refractivity contribution in [2.75, 3.05) is 5.06 Å². The summed E-state index contributed by atoms with van der Waals surface area (Å²) in [4.78, 5) is 22.0. The van der Waals surface area contributed by atoms with Crippen LogP contribution in [0.25, 0.3) is 6.08 Å². The number of anilines is 1. The van der Waals surface area contributed by atoms with Crippen LogP contribution in [0, 0.1) is 10.1 Å². The van der Waals surface area contributed by atoms with Gasteiger partial charge >= 0.3 is 0 Å². The molecular weight excluding hydrogens is 352 g/mol. The molecule has 22 heavy (non-hydrogen) atoms. The third-order valence-electron chi connectivity index (χ3n) is 2.78. The summed E-state index contributed by atoms with van der Waals surface area (Å²) in [5, 5.41) is 21.0. The zero-order chi connectivity index (χ0) is 16.1. The van der Waals surface area contributed by atoms with Crippen LogP contribution < -0.4 is 5.06 Å². The Labute approximate surface area is 134 Å². The Morgan fingerprint density at radius 1 is 1.23 bits per heavy atom. The van der Waals surface area contributed by atoms with Crippen molar-refractivity contribution in [1.82, 2.24) is 0 Å². The molecule has 7 heteroatoms. The summed E-state index contributed by atoms with van der Waals surface area (Å²) >= 11 is 3.26. The molecule has 6 nitrogen and oxygen atoms in total. The van der Waals surface area contributed by atoms with E-state index in [0.717, 1.165) is 10.5 Å². The molecule has 0 spiro atoms. The van der Waals surface area contributed by atoms with Gasteiger partial charge in [0.25, 0.3) is 11.6 Å². The largest absolute Gasteiger partial charge is 0.281 e. The van der Waals surface area contributed by atoms with Gasteiger partial charge in [0.2, 0.25) is 0 Å². The van der Waals surface area contributed by atoms with E-state index in [1.54, 1.807) is 30.3 Å². The molecule has 112 valence electrons.